The lowest BCUT2D eigenvalue weighted by Gasteiger charge is -2.37. The largest absolute Gasteiger partial charge is 0.346 e. The highest BCUT2D eigenvalue weighted by atomic mass is 16.2. The minimum absolute atomic E-state index is 0.176. The van der Waals surface area contributed by atoms with Gasteiger partial charge in [-0.05, 0) is 18.9 Å². The van der Waals surface area contributed by atoms with E-state index in [1.54, 1.807) is 61.6 Å². The van der Waals surface area contributed by atoms with Gasteiger partial charge in [-0.15, -0.1) is 0 Å². The van der Waals surface area contributed by atoms with Gasteiger partial charge >= 0.3 is 0 Å². The summed E-state index contributed by atoms with van der Waals surface area (Å²) in [6, 6.07) is 1.65. The van der Waals surface area contributed by atoms with Crippen LogP contribution in [0.4, 0.5) is 0 Å². The highest BCUT2D eigenvalue weighted by Gasteiger charge is 2.53. The van der Waals surface area contributed by atoms with Gasteiger partial charge in [-0.3, -0.25) is 24.2 Å². The number of amides is 2. The summed E-state index contributed by atoms with van der Waals surface area (Å²) in [6.45, 7) is 0.478. The Morgan fingerprint density at radius 3 is 2.67 bits per heavy atom. The number of hydrogen-bond donors (Lipinski definition) is 0. The van der Waals surface area contributed by atoms with Crippen molar-refractivity contribution < 1.29 is 9.59 Å². The summed E-state index contributed by atoms with van der Waals surface area (Å²) in [4.78, 5) is 37.6. The number of aromatic nitrogens is 4. The van der Waals surface area contributed by atoms with Crippen molar-refractivity contribution in [3.63, 3.8) is 0 Å². The van der Waals surface area contributed by atoms with Crippen LogP contribution in [0.1, 0.15) is 29.0 Å². The molecule has 2 amide bonds. The van der Waals surface area contributed by atoms with E-state index in [9.17, 15) is 9.59 Å². The SMILES string of the molecule is CN(C)C(=O)[C@@]1(c2cnccn2)CCCN1C(=O)c1ccn(C)n1. The zero-order valence-electron chi connectivity index (χ0n) is 14.0. The van der Waals surface area contributed by atoms with Gasteiger partial charge in [0, 0.05) is 46.3 Å². The first-order chi connectivity index (χ1) is 11.5. The van der Waals surface area contributed by atoms with Crippen molar-refractivity contribution in [2.24, 2.45) is 7.05 Å². The van der Waals surface area contributed by atoms with E-state index in [4.69, 9.17) is 0 Å². The third kappa shape index (κ3) is 2.44. The molecule has 0 saturated carbocycles. The third-order valence-corrected chi connectivity index (χ3v) is 4.31. The van der Waals surface area contributed by atoms with Crippen molar-refractivity contribution in [2.75, 3.05) is 20.6 Å². The van der Waals surface area contributed by atoms with Crippen LogP contribution in [-0.4, -0.2) is 62.0 Å². The summed E-state index contributed by atoms with van der Waals surface area (Å²) in [5.74, 6) is -0.446. The molecule has 1 saturated heterocycles. The Hall–Kier alpha value is -2.77. The summed E-state index contributed by atoms with van der Waals surface area (Å²) in [5, 5.41) is 4.18. The number of aryl methyl sites for hydroxylation is 1. The second-order valence-electron chi connectivity index (χ2n) is 6.09. The van der Waals surface area contributed by atoms with Gasteiger partial charge in [0.25, 0.3) is 11.8 Å². The van der Waals surface area contributed by atoms with E-state index in [0.29, 0.717) is 30.8 Å². The Bertz CT molecular complexity index is 757. The van der Waals surface area contributed by atoms with Crippen molar-refractivity contribution in [3.8, 4) is 0 Å². The number of carbonyl (C=O) groups excluding carboxylic acids is 2. The highest BCUT2D eigenvalue weighted by Crippen LogP contribution is 2.40. The molecule has 8 nitrogen and oxygen atoms in total. The molecular formula is C16H20N6O2. The van der Waals surface area contributed by atoms with Crippen LogP contribution >= 0.6 is 0 Å². The van der Waals surface area contributed by atoms with Crippen molar-refractivity contribution in [1.82, 2.24) is 29.5 Å². The van der Waals surface area contributed by atoms with E-state index in [-0.39, 0.29) is 11.8 Å². The molecule has 2 aromatic rings. The Labute approximate surface area is 140 Å². The average Bonchev–Trinajstić information content (AvgIpc) is 3.21. The molecule has 0 aromatic carbocycles. The molecule has 8 heteroatoms. The van der Waals surface area contributed by atoms with Gasteiger partial charge in [0.1, 0.15) is 5.69 Å². The number of carbonyl (C=O) groups is 2. The van der Waals surface area contributed by atoms with Crippen LogP contribution in [0.2, 0.25) is 0 Å². The maximum absolute atomic E-state index is 13.1. The van der Waals surface area contributed by atoms with Gasteiger partial charge in [-0.1, -0.05) is 0 Å². The zero-order valence-corrected chi connectivity index (χ0v) is 14.0. The summed E-state index contributed by atoms with van der Waals surface area (Å²) < 4.78 is 1.57. The molecule has 126 valence electrons. The first-order valence-corrected chi connectivity index (χ1v) is 7.76. The van der Waals surface area contributed by atoms with Gasteiger partial charge < -0.3 is 9.80 Å². The fourth-order valence-electron chi connectivity index (χ4n) is 3.24. The van der Waals surface area contributed by atoms with E-state index in [1.165, 1.54) is 4.90 Å². The molecule has 1 fully saturated rings. The maximum Gasteiger partial charge on any atom is 0.275 e. The zero-order chi connectivity index (χ0) is 17.3. The van der Waals surface area contributed by atoms with Gasteiger partial charge in [-0.2, -0.15) is 5.10 Å². The van der Waals surface area contributed by atoms with Crippen LogP contribution in [-0.2, 0) is 17.4 Å². The minimum atomic E-state index is -1.13. The standard InChI is InChI=1S/C16H20N6O2/c1-20(2)15(24)16(13-11-17-7-8-18-13)6-4-9-22(16)14(23)12-5-10-21(3)19-12/h5,7-8,10-11H,4,6,9H2,1-3H3/t16-/m0/s1. The topological polar surface area (TPSA) is 84.2 Å². The van der Waals surface area contributed by atoms with Crippen LogP contribution in [0.5, 0.6) is 0 Å². The lowest BCUT2D eigenvalue weighted by Crippen LogP contribution is -2.55. The molecule has 1 aliphatic rings. The minimum Gasteiger partial charge on any atom is -0.346 e. The number of likely N-dealkylation sites (N-methyl/N-ethyl adjacent to an activating group) is 1. The molecule has 24 heavy (non-hydrogen) atoms. The molecule has 0 unspecified atom stereocenters. The van der Waals surface area contributed by atoms with Crippen molar-refractivity contribution in [3.05, 3.63) is 42.2 Å². The molecule has 0 aliphatic carbocycles. The molecular weight excluding hydrogens is 308 g/mol. The molecule has 0 N–H and O–H groups in total. The van der Waals surface area contributed by atoms with Crippen LogP contribution in [0.15, 0.2) is 30.9 Å². The van der Waals surface area contributed by atoms with Gasteiger partial charge in [0.2, 0.25) is 0 Å². The summed E-state index contributed by atoms with van der Waals surface area (Å²) in [7, 11) is 5.12. The Kier molecular flexibility index (Phi) is 4.04. The highest BCUT2D eigenvalue weighted by molar-refractivity contribution is 5.98. The summed E-state index contributed by atoms with van der Waals surface area (Å²) in [5.41, 5.74) is -0.323. The predicted molar refractivity (Wildman–Crippen MR) is 85.9 cm³/mol. The van der Waals surface area contributed by atoms with Crippen LogP contribution in [0, 0.1) is 0 Å². The molecule has 0 radical (unpaired) electrons. The van der Waals surface area contributed by atoms with Gasteiger partial charge in [0.15, 0.2) is 5.54 Å². The first kappa shape index (κ1) is 16.1. The quantitative estimate of drug-likeness (QED) is 0.816. The molecule has 3 heterocycles. The van der Waals surface area contributed by atoms with Crippen molar-refractivity contribution in [2.45, 2.75) is 18.4 Å². The predicted octanol–water partition coefficient (Wildman–Crippen LogP) is 0.430. The molecule has 0 spiro atoms. The summed E-state index contributed by atoms with van der Waals surface area (Å²) in [6.07, 6.45) is 7.60. The Morgan fingerprint density at radius 2 is 2.08 bits per heavy atom. The van der Waals surface area contributed by atoms with E-state index < -0.39 is 5.54 Å². The molecule has 0 bridgehead atoms. The Morgan fingerprint density at radius 1 is 1.29 bits per heavy atom. The van der Waals surface area contributed by atoms with Crippen LogP contribution in [0.25, 0.3) is 0 Å². The molecule has 3 rings (SSSR count). The maximum atomic E-state index is 13.1. The van der Waals surface area contributed by atoms with E-state index in [2.05, 4.69) is 15.1 Å². The average molecular weight is 328 g/mol. The molecule has 1 atom stereocenters. The second-order valence-corrected chi connectivity index (χ2v) is 6.09. The van der Waals surface area contributed by atoms with E-state index in [0.717, 1.165) is 0 Å². The van der Waals surface area contributed by atoms with Gasteiger partial charge in [-0.25, -0.2) is 0 Å². The normalized spacial score (nSPS) is 20.2. The Balaban J connectivity index is 2.10. The van der Waals surface area contributed by atoms with E-state index in [1.807, 2.05) is 0 Å². The molecule has 1 aliphatic heterocycles. The first-order valence-electron chi connectivity index (χ1n) is 7.76. The molecule has 2 aromatic heterocycles. The van der Waals surface area contributed by atoms with Crippen LogP contribution < -0.4 is 0 Å². The van der Waals surface area contributed by atoms with Gasteiger partial charge in [0.05, 0.1) is 11.9 Å². The van der Waals surface area contributed by atoms with Crippen molar-refractivity contribution >= 4 is 11.8 Å². The number of likely N-dealkylation sites (tertiary alicyclic amines) is 1. The lowest BCUT2D eigenvalue weighted by molar-refractivity contribution is -0.140. The third-order valence-electron chi connectivity index (χ3n) is 4.31. The lowest BCUT2D eigenvalue weighted by atomic mass is 9.90. The fourth-order valence-corrected chi connectivity index (χ4v) is 3.24. The number of rotatable bonds is 3. The fraction of sp³-hybridized carbons (Fsp3) is 0.438. The van der Waals surface area contributed by atoms with Crippen molar-refractivity contribution in [1.29, 1.82) is 0 Å². The van der Waals surface area contributed by atoms with Crippen LogP contribution in [0.3, 0.4) is 0 Å². The second kappa shape index (κ2) is 6.03. The number of nitrogens with zero attached hydrogens (tertiary/aromatic N) is 6. The monoisotopic (exact) mass is 328 g/mol. The smallest absolute Gasteiger partial charge is 0.275 e. The van der Waals surface area contributed by atoms with E-state index >= 15 is 0 Å². The number of hydrogen-bond acceptors (Lipinski definition) is 5. The summed E-state index contributed by atoms with van der Waals surface area (Å²) >= 11 is 0.